The zero-order chi connectivity index (χ0) is 29.1. The van der Waals surface area contributed by atoms with E-state index < -0.39 is 57.6 Å². The number of rotatable bonds is 5. The van der Waals surface area contributed by atoms with Crippen molar-refractivity contribution in [3.05, 3.63) is 40.4 Å². The summed E-state index contributed by atoms with van der Waals surface area (Å²) < 4.78 is 34.9. The van der Waals surface area contributed by atoms with Crippen LogP contribution in [0.25, 0.3) is 0 Å². The first-order chi connectivity index (χ1) is 18.9. The fourth-order valence-electron chi connectivity index (χ4n) is 5.13. The molecule has 0 radical (unpaired) electrons. The van der Waals surface area contributed by atoms with Gasteiger partial charge in [0.25, 0.3) is 11.8 Å². The molecule has 1 aromatic rings. The summed E-state index contributed by atoms with van der Waals surface area (Å²) in [6.07, 6.45) is 5.62. The molecule has 0 bridgehead atoms. The van der Waals surface area contributed by atoms with E-state index in [-0.39, 0.29) is 35.1 Å². The molecule has 5 N–H and O–H groups in total. The molecule has 2 fully saturated rings. The van der Waals surface area contributed by atoms with Crippen molar-refractivity contribution in [2.45, 2.75) is 69.1 Å². The molecule has 1 aromatic carbocycles. The minimum atomic E-state index is -4.40. The molecular weight excluding hydrogens is 585 g/mol. The van der Waals surface area contributed by atoms with Crippen LogP contribution < -0.4 is 20.5 Å². The topological polar surface area (TPSA) is 177 Å². The minimum Gasteiger partial charge on any atom is -0.436 e. The van der Waals surface area contributed by atoms with Crippen LogP contribution in [-0.2, 0) is 29.3 Å². The van der Waals surface area contributed by atoms with E-state index in [1.54, 1.807) is 6.08 Å². The van der Waals surface area contributed by atoms with Crippen LogP contribution in [0.4, 0.5) is 10.5 Å². The number of nitrogens with zero attached hydrogens (tertiary/aromatic N) is 1. The van der Waals surface area contributed by atoms with Crippen LogP contribution in [0, 0.1) is 5.92 Å². The van der Waals surface area contributed by atoms with E-state index in [0.717, 1.165) is 12.8 Å². The van der Waals surface area contributed by atoms with E-state index in [1.807, 2.05) is 10.8 Å². The van der Waals surface area contributed by atoms with Crippen molar-refractivity contribution in [2.24, 2.45) is 11.7 Å². The number of hydrogen-bond acceptors (Lipinski definition) is 7. The molecule has 1 saturated carbocycles. The Morgan fingerprint density at radius 3 is 2.60 bits per heavy atom. The maximum absolute atomic E-state index is 13.4. The molecule has 4 unspecified atom stereocenters. The molecule has 2 heterocycles. The van der Waals surface area contributed by atoms with Gasteiger partial charge in [-0.2, -0.15) is 8.42 Å². The number of ether oxygens (including phenoxy) is 1. The molecular formula is C25H31Cl2N5O7S. The predicted molar refractivity (Wildman–Crippen MR) is 148 cm³/mol. The Balaban J connectivity index is 1.55. The first-order valence-electron chi connectivity index (χ1n) is 13.0. The summed E-state index contributed by atoms with van der Waals surface area (Å²) >= 11 is 11.8. The number of allylic oxidation sites excluding steroid dienone is 1. The first kappa shape index (κ1) is 29.9. The number of anilines is 1. The normalized spacial score (nSPS) is 28.1. The molecule has 4 amide bonds. The summed E-state index contributed by atoms with van der Waals surface area (Å²) in [5, 5.41) is 3.07. The maximum atomic E-state index is 13.4. The number of hydrogen-bond donors (Lipinski definition) is 4. The van der Waals surface area contributed by atoms with Gasteiger partial charge < -0.3 is 20.7 Å². The molecule has 1 saturated heterocycles. The molecule has 4 atom stereocenters. The molecule has 3 aliphatic rings. The van der Waals surface area contributed by atoms with Gasteiger partial charge in [0.15, 0.2) is 6.10 Å². The van der Waals surface area contributed by atoms with Crippen molar-refractivity contribution >= 4 is 62.9 Å². The third-order valence-electron chi connectivity index (χ3n) is 7.24. The molecule has 2 aliphatic heterocycles. The summed E-state index contributed by atoms with van der Waals surface area (Å²) in [6, 6.07) is 3.16. The van der Waals surface area contributed by atoms with Crippen molar-refractivity contribution in [2.75, 3.05) is 11.3 Å². The highest BCUT2D eigenvalue weighted by atomic mass is 35.5. The number of nitrogens with two attached hydrogens (primary N) is 1. The Kier molecular flexibility index (Phi) is 9.16. The van der Waals surface area contributed by atoms with Crippen LogP contribution in [0.2, 0.25) is 10.0 Å². The van der Waals surface area contributed by atoms with E-state index in [9.17, 15) is 27.6 Å². The zero-order valence-electron chi connectivity index (χ0n) is 21.5. The molecule has 12 nitrogen and oxygen atoms in total. The van der Waals surface area contributed by atoms with Gasteiger partial charge in [-0.15, -0.1) is 0 Å². The highest BCUT2D eigenvalue weighted by Gasteiger charge is 2.61. The van der Waals surface area contributed by atoms with Gasteiger partial charge in [0.1, 0.15) is 11.6 Å². The Morgan fingerprint density at radius 2 is 1.88 bits per heavy atom. The van der Waals surface area contributed by atoms with Crippen LogP contribution in [0.3, 0.4) is 0 Å². The van der Waals surface area contributed by atoms with Crippen molar-refractivity contribution in [3.63, 3.8) is 0 Å². The highest BCUT2D eigenvalue weighted by Crippen LogP contribution is 2.45. The van der Waals surface area contributed by atoms with Gasteiger partial charge in [-0.3, -0.25) is 19.1 Å². The quantitative estimate of drug-likeness (QED) is 0.368. The lowest BCUT2D eigenvalue weighted by atomic mass is 10.1. The van der Waals surface area contributed by atoms with Gasteiger partial charge in [-0.25, -0.2) is 9.52 Å². The maximum Gasteiger partial charge on any atom is 0.405 e. The van der Waals surface area contributed by atoms with Crippen molar-refractivity contribution in [1.29, 1.82) is 0 Å². The van der Waals surface area contributed by atoms with Crippen molar-refractivity contribution < 1.29 is 32.3 Å². The number of carbonyl (C=O) groups excluding carboxylic acids is 4. The Morgan fingerprint density at radius 1 is 1.10 bits per heavy atom. The summed E-state index contributed by atoms with van der Waals surface area (Å²) in [6.45, 7) is 0.264. The smallest absolute Gasteiger partial charge is 0.405 e. The van der Waals surface area contributed by atoms with Crippen LogP contribution in [-0.4, -0.2) is 61.4 Å². The van der Waals surface area contributed by atoms with E-state index in [0.29, 0.717) is 25.7 Å². The highest BCUT2D eigenvalue weighted by molar-refractivity contribution is 7.91. The van der Waals surface area contributed by atoms with Gasteiger partial charge in [0.2, 0.25) is 5.91 Å². The van der Waals surface area contributed by atoms with Crippen molar-refractivity contribution in [3.8, 4) is 0 Å². The lowest BCUT2D eigenvalue weighted by molar-refractivity contribution is -0.146. The number of halogens is 2. The lowest BCUT2D eigenvalue weighted by Crippen LogP contribution is -2.57. The lowest BCUT2D eigenvalue weighted by Gasteiger charge is -2.29. The summed E-state index contributed by atoms with van der Waals surface area (Å²) in [4.78, 5) is 52.9. The molecule has 0 aromatic heterocycles. The third kappa shape index (κ3) is 6.99. The van der Waals surface area contributed by atoms with Gasteiger partial charge in [0.05, 0.1) is 15.7 Å². The second-order valence-electron chi connectivity index (χ2n) is 10.1. The number of nitrogens with one attached hydrogen (secondary N) is 3. The fraction of sp³-hybridized carbons (Fsp3) is 0.520. The van der Waals surface area contributed by atoms with Crippen LogP contribution in [0.15, 0.2) is 30.4 Å². The number of primary amides is 1. The number of benzene rings is 1. The minimum absolute atomic E-state index is 0.0818. The fourth-order valence-corrected chi connectivity index (χ4v) is 6.34. The average molecular weight is 617 g/mol. The zero-order valence-corrected chi connectivity index (χ0v) is 23.9. The van der Waals surface area contributed by atoms with E-state index in [4.69, 9.17) is 33.7 Å². The standard InChI is InChI=1S/C25H31Cl2N5O7S/c26-17-11-10-16(13-18(17)27)30-40(37,38)31-23(35)25-14-15(25)7-4-2-1-3-5-9-20(39-24(28)36)22(34)32-12-6-8-19(32)21(33)29-25/h4,7,10-11,13,15,19-20,30H,1-3,5-6,8-9,12,14H2,(H2,28,36)(H,29,33)(H,31,35)/b7-4+. The van der Waals surface area contributed by atoms with E-state index in [1.165, 1.54) is 23.1 Å². The Bertz CT molecular complexity index is 1320. The number of amides is 4. The molecule has 4 rings (SSSR count). The molecule has 0 spiro atoms. The average Bonchev–Trinajstić information content (AvgIpc) is 3.34. The summed E-state index contributed by atoms with van der Waals surface area (Å²) in [5.41, 5.74) is 3.74. The number of fused-ring (bicyclic) bond motifs is 2. The van der Waals surface area contributed by atoms with Gasteiger partial charge >= 0.3 is 16.3 Å². The molecule has 15 heteroatoms. The van der Waals surface area contributed by atoms with Crippen LogP contribution in [0.1, 0.15) is 51.4 Å². The number of carbonyl (C=O) groups is 4. The van der Waals surface area contributed by atoms with E-state index in [2.05, 4.69) is 10.0 Å². The Hall–Kier alpha value is -3.03. The summed E-state index contributed by atoms with van der Waals surface area (Å²) in [7, 11) is -4.40. The summed E-state index contributed by atoms with van der Waals surface area (Å²) in [5.74, 6) is -2.49. The second-order valence-corrected chi connectivity index (χ2v) is 12.3. The van der Waals surface area contributed by atoms with Gasteiger partial charge in [-0.1, -0.05) is 41.8 Å². The first-order valence-corrected chi connectivity index (χ1v) is 15.2. The third-order valence-corrected chi connectivity index (χ3v) is 8.94. The van der Waals surface area contributed by atoms with Gasteiger partial charge in [-0.05, 0) is 63.1 Å². The van der Waals surface area contributed by atoms with Crippen LogP contribution in [0.5, 0.6) is 0 Å². The van der Waals surface area contributed by atoms with E-state index >= 15 is 0 Å². The SMILES string of the molecule is NC(=O)OC1CCCCC/C=C/C2CC2(C(=O)NS(=O)(=O)Nc2ccc(Cl)c(Cl)c2)NC(=O)C2CCCN2C1=O. The van der Waals surface area contributed by atoms with Gasteiger partial charge in [0, 0.05) is 12.5 Å². The molecule has 40 heavy (non-hydrogen) atoms. The monoisotopic (exact) mass is 615 g/mol. The Labute approximate surface area is 242 Å². The predicted octanol–water partition coefficient (Wildman–Crippen LogP) is 2.62. The molecule has 1 aliphatic carbocycles. The van der Waals surface area contributed by atoms with Crippen LogP contribution >= 0.6 is 23.2 Å². The largest absolute Gasteiger partial charge is 0.436 e. The molecule has 218 valence electrons. The van der Waals surface area contributed by atoms with Crippen molar-refractivity contribution in [1.82, 2.24) is 14.9 Å². The second kappa shape index (κ2) is 12.2.